The topological polar surface area (TPSA) is 0 Å². The minimum Gasteiger partial charge on any atom is -0.127 e. The van der Waals surface area contributed by atoms with Gasteiger partial charge in [-0.15, -0.1) is 11.3 Å². The average molecular weight is 287 g/mol. The lowest BCUT2D eigenvalue weighted by molar-refractivity contribution is 1.76. The first-order valence-corrected chi connectivity index (χ1v) is 12.6. The van der Waals surface area contributed by atoms with Crippen LogP contribution in [-0.4, -0.2) is 16.1 Å². The Morgan fingerprint density at radius 3 is 1.93 bits per heavy atom. The highest BCUT2D eigenvalue weighted by Gasteiger charge is 2.16. The van der Waals surface area contributed by atoms with Crippen LogP contribution >= 0.6 is 15.9 Å². The van der Waals surface area contributed by atoms with Gasteiger partial charge in [-0.25, -0.2) is 0 Å². The van der Waals surface area contributed by atoms with E-state index < -0.39 is 16.1 Å². The van der Waals surface area contributed by atoms with Crippen molar-refractivity contribution in [3.8, 4) is 11.5 Å². The maximum atomic E-state index is 3.56. The van der Waals surface area contributed by atoms with Gasteiger partial charge in [0.25, 0.3) is 0 Å². The predicted octanol–water partition coefficient (Wildman–Crippen LogP) is 4.18. The average Bonchev–Trinajstić information content (AvgIpc) is 1.93. The van der Waals surface area contributed by atoms with Crippen molar-refractivity contribution in [3.05, 3.63) is 15.9 Å². The molecule has 0 fully saturated rings. The van der Waals surface area contributed by atoms with Crippen molar-refractivity contribution in [2.75, 3.05) is 0 Å². The van der Waals surface area contributed by atoms with E-state index in [1.165, 1.54) is 4.11 Å². The first kappa shape index (κ1) is 14.0. The summed E-state index contributed by atoms with van der Waals surface area (Å²) in [4.78, 5) is 0. The summed E-state index contributed by atoms with van der Waals surface area (Å²) in [5.41, 5.74) is 6.49. The third-order valence-electron chi connectivity index (χ3n) is 1.38. The molecule has 0 rings (SSSR count). The zero-order valence-corrected chi connectivity index (χ0v) is 13.5. The Morgan fingerprint density at radius 2 is 1.57 bits per heavy atom. The van der Waals surface area contributed by atoms with Gasteiger partial charge in [-0.2, -0.15) is 0 Å². The third-order valence-corrected chi connectivity index (χ3v) is 7.53. The zero-order valence-electron chi connectivity index (χ0n) is 9.96. The molecular weight excluding hydrogens is 268 g/mol. The van der Waals surface area contributed by atoms with E-state index >= 15 is 0 Å². The van der Waals surface area contributed by atoms with Crippen LogP contribution in [0.1, 0.15) is 0 Å². The Labute approximate surface area is 98.6 Å². The number of allylic oxidation sites excluding steroid dienone is 1. The summed E-state index contributed by atoms with van der Waals surface area (Å²) in [5, 5.41) is 0. The summed E-state index contributed by atoms with van der Waals surface area (Å²) >= 11 is 3.56. The van der Waals surface area contributed by atoms with Gasteiger partial charge in [-0.05, 0) is 0 Å². The highest BCUT2D eigenvalue weighted by molar-refractivity contribution is 9.12. The largest absolute Gasteiger partial charge is 0.129 e. The van der Waals surface area contributed by atoms with Crippen LogP contribution in [0.4, 0.5) is 0 Å². The molecule has 0 N–H and O–H groups in total. The molecule has 0 amide bonds. The highest BCUT2D eigenvalue weighted by atomic mass is 79.9. The van der Waals surface area contributed by atoms with Gasteiger partial charge in [0.05, 0.1) is 8.07 Å². The van der Waals surface area contributed by atoms with Crippen molar-refractivity contribution < 1.29 is 0 Å². The summed E-state index contributed by atoms with van der Waals surface area (Å²) in [6.07, 6.45) is 1.85. The van der Waals surface area contributed by atoms with Crippen LogP contribution in [0.15, 0.2) is 15.9 Å². The number of hydrogen-bond donors (Lipinski definition) is 0. The van der Waals surface area contributed by atoms with E-state index in [1.54, 1.807) is 0 Å². The Hall–Kier alpha value is -0.00623. The normalized spacial score (nSPS) is 11.1. The molecule has 0 heterocycles. The zero-order chi connectivity index (χ0) is 11.4. The lowest BCUT2D eigenvalue weighted by atomic mass is 10.6. The van der Waals surface area contributed by atoms with Crippen LogP contribution in [0.5, 0.6) is 0 Å². The second kappa shape index (κ2) is 5.18. The van der Waals surface area contributed by atoms with E-state index in [0.29, 0.717) is 0 Å². The molecule has 0 saturated heterocycles. The monoisotopic (exact) mass is 286 g/mol. The molecule has 78 valence electrons. The maximum absolute atomic E-state index is 3.56. The Bertz CT molecular complexity index is 312. The quantitative estimate of drug-likeness (QED) is 0.385. The minimum absolute atomic E-state index is 1.20. The first-order chi connectivity index (χ1) is 6.13. The molecule has 0 aliphatic rings. The summed E-state index contributed by atoms with van der Waals surface area (Å²) in [6.45, 7) is 13.6. The van der Waals surface area contributed by atoms with Crippen LogP contribution in [-0.2, 0) is 0 Å². The van der Waals surface area contributed by atoms with Crippen molar-refractivity contribution >= 4 is 32.1 Å². The molecule has 14 heavy (non-hydrogen) atoms. The molecule has 0 atom stereocenters. The molecule has 0 radical (unpaired) electrons. The highest BCUT2D eigenvalue weighted by Crippen LogP contribution is 2.18. The van der Waals surface area contributed by atoms with Crippen molar-refractivity contribution in [2.24, 2.45) is 0 Å². The van der Waals surface area contributed by atoms with Crippen molar-refractivity contribution in [1.29, 1.82) is 0 Å². The van der Waals surface area contributed by atoms with E-state index in [9.17, 15) is 0 Å². The van der Waals surface area contributed by atoms with Gasteiger partial charge in [0.1, 0.15) is 8.07 Å². The molecule has 0 nitrogen and oxygen atoms in total. The third kappa shape index (κ3) is 7.40. The molecule has 0 aromatic carbocycles. The van der Waals surface area contributed by atoms with Gasteiger partial charge in [0, 0.05) is 10.2 Å². The fourth-order valence-corrected chi connectivity index (χ4v) is 1.69. The molecule has 0 saturated carbocycles. The molecular formula is C11H19BrSi2. The Balaban J connectivity index is 4.67. The molecule has 3 heteroatoms. The molecule has 0 aliphatic heterocycles. The van der Waals surface area contributed by atoms with Gasteiger partial charge < -0.3 is 0 Å². The van der Waals surface area contributed by atoms with Crippen molar-refractivity contribution in [2.45, 2.75) is 39.3 Å². The van der Waals surface area contributed by atoms with Crippen LogP contribution < -0.4 is 0 Å². The van der Waals surface area contributed by atoms with Gasteiger partial charge in [0.15, 0.2) is 0 Å². The van der Waals surface area contributed by atoms with E-state index in [1.807, 2.05) is 6.08 Å². The second-order valence-electron chi connectivity index (χ2n) is 5.37. The van der Waals surface area contributed by atoms with Crippen LogP contribution in [0, 0.1) is 11.5 Å². The molecule has 0 spiro atoms. The minimum atomic E-state index is -1.22. The predicted molar refractivity (Wildman–Crippen MR) is 75.0 cm³/mol. The summed E-state index contributed by atoms with van der Waals surface area (Å²) < 4.78 is 1.20. The summed E-state index contributed by atoms with van der Waals surface area (Å²) in [5.74, 6) is 3.08. The van der Waals surface area contributed by atoms with E-state index in [0.717, 1.165) is 0 Å². The SMILES string of the molecule is C[Si](C)(C)C#CC=C=C(Br)[Si](C)(C)C. The van der Waals surface area contributed by atoms with E-state index in [-0.39, 0.29) is 0 Å². The Morgan fingerprint density at radius 1 is 1.07 bits per heavy atom. The molecule has 0 aromatic rings. The molecule has 0 aliphatic carbocycles. The lowest BCUT2D eigenvalue weighted by Gasteiger charge is -2.11. The molecule has 0 aromatic heterocycles. The lowest BCUT2D eigenvalue weighted by Crippen LogP contribution is -2.19. The number of hydrogen-bond acceptors (Lipinski definition) is 0. The van der Waals surface area contributed by atoms with Crippen molar-refractivity contribution in [3.63, 3.8) is 0 Å². The fourth-order valence-electron chi connectivity index (χ4n) is 0.569. The van der Waals surface area contributed by atoms with Gasteiger partial charge in [-0.3, -0.25) is 0 Å². The van der Waals surface area contributed by atoms with Gasteiger partial charge in [0.2, 0.25) is 0 Å². The number of halogens is 1. The van der Waals surface area contributed by atoms with Crippen LogP contribution in [0.2, 0.25) is 39.3 Å². The standard InChI is InChI=1S/C11H19BrSi2/c1-13(2,3)10-8-7-9-11(12)14(4,5)6/h7H,1-6H3. The first-order valence-electron chi connectivity index (χ1n) is 4.77. The maximum Gasteiger partial charge on any atom is 0.129 e. The molecule has 0 bridgehead atoms. The van der Waals surface area contributed by atoms with E-state index in [4.69, 9.17) is 0 Å². The van der Waals surface area contributed by atoms with Crippen molar-refractivity contribution in [1.82, 2.24) is 0 Å². The number of rotatable bonds is 1. The fraction of sp³-hybridized carbons (Fsp3) is 0.545. The Kier molecular flexibility index (Phi) is 5.18. The van der Waals surface area contributed by atoms with Crippen LogP contribution in [0.25, 0.3) is 0 Å². The van der Waals surface area contributed by atoms with Crippen LogP contribution in [0.3, 0.4) is 0 Å². The smallest absolute Gasteiger partial charge is 0.127 e. The van der Waals surface area contributed by atoms with E-state index in [2.05, 4.69) is 72.4 Å². The van der Waals surface area contributed by atoms with Gasteiger partial charge >= 0.3 is 0 Å². The van der Waals surface area contributed by atoms with Gasteiger partial charge in [-0.1, -0.05) is 61.1 Å². The summed E-state index contributed by atoms with van der Waals surface area (Å²) in [6, 6.07) is 0. The second-order valence-corrected chi connectivity index (χ2v) is 16.6. The summed E-state index contributed by atoms with van der Waals surface area (Å²) in [7, 11) is -2.44. The molecule has 0 unspecified atom stereocenters.